The summed E-state index contributed by atoms with van der Waals surface area (Å²) in [4.78, 5) is 0. The Kier molecular flexibility index (Phi) is 6.43. The molecule has 27 heavy (non-hydrogen) atoms. The van der Waals surface area contributed by atoms with Crippen LogP contribution in [-0.2, 0) is 0 Å². The van der Waals surface area contributed by atoms with Gasteiger partial charge >= 0.3 is 0 Å². The van der Waals surface area contributed by atoms with E-state index in [1.807, 2.05) is 0 Å². The summed E-state index contributed by atoms with van der Waals surface area (Å²) < 4.78 is 0. The van der Waals surface area contributed by atoms with Crippen LogP contribution in [0.3, 0.4) is 0 Å². The van der Waals surface area contributed by atoms with Gasteiger partial charge in [-0.25, -0.2) is 0 Å². The summed E-state index contributed by atoms with van der Waals surface area (Å²) in [5.41, 5.74) is 2.69. The Morgan fingerprint density at radius 3 is 1.56 bits per heavy atom. The molecule has 0 radical (unpaired) electrons. The lowest BCUT2D eigenvalue weighted by molar-refractivity contribution is 0.544. The van der Waals surface area contributed by atoms with Crippen LogP contribution in [0, 0.1) is 5.41 Å². The van der Waals surface area contributed by atoms with Crippen molar-refractivity contribution in [3.63, 3.8) is 0 Å². The first-order chi connectivity index (χ1) is 13.0. The SMILES string of the molecule is CC(C)(C)/C=C/C(=C\P(c1ccccc1)c1ccccc1)c1ccccc1. The van der Waals surface area contributed by atoms with Gasteiger partial charge in [-0.05, 0) is 40.9 Å². The lowest BCUT2D eigenvalue weighted by Gasteiger charge is -2.17. The molecular formula is C26H27P. The van der Waals surface area contributed by atoms with E-state index in [1.165, 1.54) is 21.7 Å². The first kappa shape index (κ1) is 19.3. The van der Waals surface area contributed by atoms with Gasteiger partial charge in [0.15, 0.2) is 0 Å². The molecule has 0 bridgehead atoms. The van der Waals surface area contributed by atoms with E-state index in [0.29, 0.717) is 0 Å². The van der Waals surface area contributed by atoms with Crippen molar-refractivity contribution in [3.05, 3.63) is 115 Å². The van der Waals surface area contributed by atoms with Gasteiger partial charge in [-0.2, -0.15) is 0 Å². The highest BCUT2D eigenvalue weighted by Crippen LogP contribution is 2.39. The minimum atomic E-state index is -0.575. The number of rotatable bonds is 5. The van der Waals surface area contributed by atoms with Crippen LogP contribution in [0.15, 0.2) is 109 Å². The molecule has 0 aliphatic carbocycles. The van der Waals surface area contributed by atoms with Crippen molar-refractivity contribution in [2.75, 3.05) is 0 Å². The summed E-state index contributed by atoms with van der Waals surface area (Å²) in [5.74, 6) is 2.46. The van der Waals surface area contributed by atoms with Crippen molar-refractivity contribution in [3.8, 4) is 0 Å². The fourth-order valence-electron chi connectivity index (χ4n) is 2.80. The van der Waals surface area contributed by atoms with Crippen LogP contribution >= 0.6 is 7.92 Å². The molecule has 0 heterocycles. The first-order valence-corrected chi connectivity index (χ1v) is 10.8. The van der Waals surface area contributed by atoms with E-state index in [9.17, 15) is 0 Å². The molecule has 0 aliphatic rings. The molecule has 0 saturated carbocycles. The van der Waals surface area contributed by atoms with E-state index in [1.54, 1.807) is 0 Å². The zero-order valence-corrected chi connectivity index (χ0v) is 17.2. The molecule has 0 amide bonds. The Balaban J connectivity index is 2.12. The predicted molar refractivity (Wildman–Crippen MR) is 122 cm³/mol. The van der Waals surface area contributed by atoms with Gasteiger partial charge in [-0.1, -0.05) is 124 Å². The summed E-state index contributed by atoms with van der Waals surface area (Å²) in [6, 6.07) is 32.4. The van der Waals surface area contributed by atoms with Gasteiger partial charge < -0.3 is 0 Å². The monoisotopic (exact) mass is 370 g/mol. The van der Waals surface area contributed by atoms with Gasteiger partial charge in [0, 0.05) is 0 Å². The summed E-state index contributed by atoms with van der Waals surface area (Å²) in [6.45, 7) is 6.72. The minimum Gasteiger partial charge on any atom is -0.0785 e. The number of hydrogen-bond acceptors (Lipinski definition) is 0. The molecule has 136 valence electrons. The molecule has 0 atom stereocenters. The van der Waals surface area contributed by atoms with Gasteiger partial charge in [-0.3, -0.25) is 0 Å². The molecule has 0 N–H and O–H groups in total. The number of benzene rings is 3. The third-order valence-electron chi connectivity index (χ3n) is 4.21. The zero-order valence-electron chi connectivity index (χ0n) is 16.3. The number of allylic oxidation sites excluding steroid dienone is 3. The standard InChI is InChI=1S/C26H27P/c1-26(2,3)20-19-23(22-13-7-4-8-14-22)21-27(24-15-9-5-10-16-24)25-17-11-6-12-18-25/h4-21H,1-3H3/b20-19+,23-21+. The van der Waals surface area contributed by atoms with Gasteiger partial charge in [0.2, 0.25) is 0 Å². The summed E-state index contributed by atoms with van der Waals surface area (Å²) in [6.07, 6.45) is 4.59. The van der Waals surface area contributed by atoms with Crippen molar-refractivity contribution in [2.24, 2.45) is 5.41 Å². The van der Waals surface area contributed by atoms with Crippen molar-refractivity contribution in [1.82, 2.24) is 0 Å². The summed E-state index contributed by atoms with van der Waals surface area (Å²) in [5, 5.41) is 2.74. The van der Waals surface area contributed by atoms with Gasteiger partial charge in [-0.15, -0.1) is 0 Å². The quantitative estimate of drug-likeness (QED) is 0.344. The van der Waals surface area contributed by atoms with Crippen LogP contribution < -0.4 is 10.6 Å². The Morgan fingerprint density at radius 2 is 1.11 bits per heavy atom. The molecule has 3 rings (SSSR count). The van der Waals surface area contributed by atoms with Crippen LogP contribution in [0.5, 0.6) is 0 Å². The van der Waals surface area contributed by atoms with Crippen molar-refractivity contribution in [2.45, 2.75) is 20.8 Å². The highest BCUT2D eigenvalue weighted by Gasteiger charge is 2.13. The molecule has 0 unspecified atom stereocenters. The third-order valence-corrected chi connectivity index (χ3v) is 6.45. The topological polar surface area (TPSA) is 0 Å². The third kappa shape index (κ3) is 5.78. The van der Waals surface area contributed by atoms with E-state index < -0.39 is 7.92 Å². The minimum absolute atomic E-state index is 0.149. The molecule has 3 aromatic carbocycles. The predicted octanol–water partition coefficient (Wildman–Crippen LogP) is 6.76. The number of hydrogen-bond donors (Lipinski definition) is 0. The van der Waals surface area contributed by atoms with Gasteiger partial charge in [0.25, 0.3) is 0 Å². The second-order valence-electron chi connectivity index (χ2n) is 7.69. The maximum absolute atomic E-state index is 2.46. The highest BCUT2D eigenvalue weighted by molar-refractivity contribution is 7.76. The van der Waals surface area contributed by atoms with E-state index in [-0.39, 0.29) is 5.41 Å². The van der Waals surface area contributed by atoms with Crippen LogP contribution in [-0.4, -0.2) is 0 Å². The molecular weight excluding hydrogens is 343 g/mol. The van der Waals surface area contributed by atoms with Crippen LogP contribution in [0.25, 0.3) is 5.57 Å². The summed E-state index contributed by atoms with van der Waals surface area (Å²) >= 11 is 0. The Morgan fingerprint density at radius 1 is 0.667 bits per heavy atom. The van der Waals surface area contributed by atoms with Crippen LogP contribution in [0.2, 0.25) is 0 Å². The lowest BCUT2D eigenvalue weighted by Crippen LogP contribution is -2.09. The molecule has 0 saturated heterocycles. The second-order valence-corrected chi connectivity index (χ2v) is 9.72. The van der Waals surface area contributed by atoms with Gasteiger partial charge in [0.05, 0.1) is 0 Å². The van der Waals surface area contributed by atoms with E-state index >= 15 is 0 Å². The smallest absolute Gasteiger partial charge is 0.0156 e. The maximum atomic E-state index is 2.46. The van der Waals surface area contributed by atoms with Gasteiger partial charge in [0.1, 0.15) is 0 Å². The first-order valence-electron chi connectivity index (χ1n) is 9.39. The highest BCUT2D eigenvalue weighted by atomic mass is 31.1. The van der Waals surface area contributed by atoms with Crippen molar-refractivity contribution < 1.29 is 0 Å². The second kappa shape index (κ2) is 8.98. The van der Waals surface area contributed by atoms with E-state index in [0.717, 1.165) is 0 Å². The fraction of sp³-hybridized carbons (Fsp3) is 0.154. The van der Waals surface area contributed by atoms with Crippen LogP contribution in [0.1, 0.15) is 26.3 Å². The Hall–Kier alpha value is -2.43. The van der Waals surface area contributed by atoms with Crippen molar-refractivity contribution in [1.29, 1.82) is 0 Å². The molecule has 3 aromatic rings. The molecule has 0 fully saturated rings. The molecule has 0 nitrogen and oxygen atoms in total. The van der Waals surface area contributed by atoms with Crippen LogP contribution in [0.4, 0.5) is 0 Å². The molecule has 0 aromatic heterocycles. The van der Waals surface area contributed by atoms with Crippen molar-refractivity contribution >= 4 is 24.1 Å². The average Bonchev–Trinajstić information content (AvgIpc) is 2.69. The Bertz CT molecular complexity index is 846. The largest absolute Gasteiger partial charge is 0.0785 e. The molecule has 0 aliphatic heterocycles. The fourth-order valence-corrected chi connectivity index (χ4v) is 4.89. The Labute approximate surface area is 165 Å². The van der Waals surface area contributed by atoms with E-state index in [4.69, 9.17) is 0 Å². The normalized spacial score (nSPS) is 12.7. The molecule has 0 spiro atoms. The summed E-state index contributed by atoms with van der Waals surface area (Å²) in [7, 11) is -0.575. The lowest BCUT2D eigenvalue weighted by atomic mass is 9.94. The average molecular weight is 370 g/mol. The zero-order chi connectivity index (χ0) is 19.1. The molecule has 1 heteroatoms. The van der Waals surface area contributed by atoms with E-state index in [2.05, 4.69) is 130 Å². The maximum Gasteiger partial charge on any atom is -0.0156 e.